The third kappa shape index (κ3) is 3.71. The van der Waals surface area contributed by atoms with E-state index in [0.717, 1.165) is 29.7 Å². The quantitative estimate of drug-likeness (QED) is 0.558. The Morgan fingerprint density at radius 2 is 1.73 bits per heavy atom. The fourth-order valence-corrected chi connectivity index (χ4v) is 2.58. The minimum Gasteiger partial charge on any atom is -0.363 e. The zero-order valence-corrected chi connectivity index (χ0v) is 12.9. The van der Waals surface area contributed by atoms with Crippen molar-refractivity contribution in [3.05, 3.63) is 78.0 Å². The van der Waals surface area contributed by atoms with Crippen LogP contribution in [0.25, 0.3) is 6.08 Å². The maximum absolute atomic E-state index is 5.81. The second-order valence-electron chi connectivity index (χ2n) is 5.49. The predicted octanol–water partition coefficient (Wildman–Crippen LogP) is 4.71. The molecule has 0 N–H and O–H groups in total. The summed E-state index contributed by atoms with van der Waals surface area (Å²) in [7, 11) is 0. The van der Waals surface area contributed by atoms with Crippen molar-refractivity contribution in [2.24, 2.45) is 4.99 Å². The van der Waals surface area contributed by atoms with Gasteiger partial charge in [-0.15, -0.1) is 0 Å². The van der Waals surface area contributed by atoms with Crippen LogP contribution in [-0.4, -0.2) is 17.9 Å². The lowest BCUT2D eigenvalue weighted by Crippen LogP contribution is -2.11. The second-order valence-corrected chi connectivity index (χ2v) is 5.49. The molecule has 0 aromatic heterocycles. The van der Waals surface area contributed by atoms with Crippen LogP contribution in [0.15, 0.2) is 71.9 Å². The van der Waals surface area contributed by atoms with Gasteiger partial charge in [-0.05, 0) is 23.6 Å². The molecule has 2 aromatic rings. The van der Waals surface area contributed by atoms with E-state index in [2.05, 4.69) is 31.2 Å². The molecule has 0 radical (unpaired) electrons. The fourth-order valence-electron chi connectivity index (χ4n) is 2.58. The summed E-state index contributed by atoms with van der Waals surface area (Å²) >= 11 is 0. The van der Waals surface area contributed by atoms with Crippen molar-refractivity contribution >= 4 is 11.8 Å². The molecule has 1 saturated heterocycles. The summed E-state index contributed by atoms with van der Waals surface area (Å²) in [6, 6.07) is 20.5. The molecule has 0 amide bonds. The van der Waals surface area contributed by atoms with E-state index in [9.17, 15) is 0 Å². The molecule has 1 heterocycles. The molecule has 1 fully saturated rings. The van der Waals surface area contributed by atoms with Crippen molar-refractivity contribution in [1.29, 1.82) is 0 Å². The minimum absolute atomic E-state index is 0.141. The van der Waals surface area contributed by atoms with Crippen LogP contribution in [0.3, 0.4) is 0 Å². The van der Waals surface area contributed by atoms with E-state index in [1.807, 2.05) is 48.7 Å². The maximum atomic E-state index is 5.81. The van der Waals surface area contributed by atoms with E-state index in [-0.39, 0.29) is 6.10 Å². The molecule has 2 unspecified atom stereocenters. The van der Waals surface area contributed by atoms with Crippen LogP contribution in [0.5, 0.6) is 0 Å². The number of epoxide rings is 1. The molecule has 2 aromatic carbocycles. The van der Waals surface area contributed by atoms with Crippen LogP contribution in [0.4, 0.5) is 0 Å². The van der Waals surface area contributed by atoms with Gasteiger partial charge in [0, 0.05) is 6.20 Å². The standard InChI is InChI=1S/C20H21NO/c1-2-9-18-20(22-18)19(17-12-7-4-8-13-17)21-15-14-16-10-5-3-6-11-16/h3-8,10-15,18,20H,2,9H2,1H3/b15-14+,21-19?. The van der Waals surface area contributed by atoms with Crippen molar-refractivity contribution in [3.8, 4) is 0 Å². The molecule has 112 valence electrons. The molecule has 1 aliphatic rings. The lowest BCUT2D eigenvalue weighted by Gasteiger charge is -2.02. The van der Waals surface area contributed by atoms with E-state index in [0.29, 0.717) is 6.10 Å². The van der Waals surface area contributed by atoms with Gasteiger partial charge in [0.1, 0.15) is 6.10 Å². The van der Waals surface area contributed by atoms with Crippen molar-refractivity contribution < 1.29 is 4.74 Å². The highest BCUT2D eigenvalue weighted by atomic mass is 16.6. The predicted molar refractivity (Wildman–Crippen MR) is 92.0 cm³/mol. The number of benzene rings is 2. The molecule has 2 atom stereocenters. The van der Waals surface area contributed by atoms with Gasteiger partial charge < -0.3 is 4.74 Å². The van der Waals surface area contributed by atoms with Gasteiger partial charge in [0.2, 0.25) is 0 Å². The van der Waals surface area contributed by atoms with Gasteiger partial charge in [-0.2, -0.15) is 0 Å². The Morgan fingerprint density at radius 3 is 2.41 bits per heavy atom. The highest BCUT2D eigenvalue weighted by Gasteiger charge is 2.42. The largest absolute Gasteiger partial charge is 0.363 e. The Kier molecular flexibility index (Phi) is 4.81. The maximum Gasteiger partial charge on any atom is 0.127 e. The zero-order chi connectivity index (χ0) is 15.2. The van der Waals surface area contributed by atoms with E-state index < -0.39 is 0 Å². The first-order valence-corrected chi connectivity index (χ1v) is 7.88. The van der Waals surface area contributed by atoms with Gasteiger partial charge in [-0.3, -0.25) is 4.99 Å². The van der Waals surface area contributed by atoms with Crippen LogP contribution < -0.4 is 0 Å². The lowest BCUT2D eigenvalue weighted by molar-refractivity contribution is 0.383. The summed E-state index contributed by atoms with van der Waals surface area (Å²) < 4.78 is 5.81. The Labute approximate surface area is 132 Å². The Hall–Kier alpha value is -2.19. The lowest BCUT2D eigenvalue weighted by atomic mass is 10.0. The summed E-state index contributed by atoms with van der Waals surface area (Å²) in [4.78, 5) is 4.69. The SMILES string of the molecule is CCCC1OC1C(=N/C=C/c1ccccc1)c1ccccc1. The van der Waals surface area contributed by atoms with Gasteiger partial charge >= 0.3 is 0 Å². The number of ether oxygens (including phenoxy) is 1. The van der Waals surface area contributed by atoms with Gasteiger partial charge in [-0.25, -0.2) is 0 Å². The molecule has 2 nitrogen and oxygen atoms in total. The van der Waals surface area contributed by atoms with Crippen LogP contribution in [-0.2, 0) is 4.74 Å². The summed E-state index contributed by atoms with van der Waals surface area (Å²) in [5.74, 6) is 0. The average Bonchev–Trinajstić information content (AvgIpc) is 3.33. The number of rotatable bonds is 6. The topological polar surface area (TPSA) is 24.9 Å². The second kappa shape index (κ2) is 7.19. The highest BCUT2D eigenvalue weighted by molar-refractivity contribution is 6.06. The number of hydrogen-bond acceptors (Lipinski definition) is 2. The average molecular weight is 291 g/mol. The Balaban J connectivity index is 1.80. The summed E-state index contributed by atoms with van der Waals surface area (Å²) in [5.41, 5.74) is 3.33. The molecule has 0 bridgehead atoms. The summed E-state index contributed by atoms with van der Waals surface area (Å²) in [5, 5.41) is 0. The summed E-state index contributed by atoms with van der Waals surface area (Å²) in [6.07, 6.45) is 6.61. The number of hydrogen-bond donors (Lipinski definition) is 0. The van der Waals surface area contributed by atoms with Crippen molar-refractivity contribution in [3.63, 3.8) is 0 Å². The van der Waals surface area contributed by atoms with E-state index in [1.54, 1.807) is 0 Å². The van der Waals surface area contributed by atoms with Crippen LogP contribution in [0.2, 0.25) is 0 Å². The molecule has 1 aliphatic heterocycles. The van der Waals surface area contributed by atoms with E-state index >= 15 is 0 Å². The van der Waals surface area contributed by atoms with Crippen LogP contribution >= 0.6 is 0 Å². The van der Waals surface area contributed by atoms with E-state index in [4.69, 9.17) is 9.73 Å². The first kappa shape index (κ1) is 14.7. The van der Waals surface area contributed by atoms with Crippen molar-refractivity contribution in [2.45, 2.75) is 32.0 Å². The zero-order valence-electron chi connectivity index (χ0n) is 12.9. The normalized spacial score (nSPS) is 21.2. The van der Waals surface area contributed by atoms with Gasteiger partial charge in [-0.1, -0.05) is 74.0 Å². The third-order valence-corrected chi connectivity index (χ3v) is 3.77. The first-order valence-electron chi connectivity index (χ1n) is 7.88. The molecule has 3 rings (SSSR count). The van der Waals surface area contributed by atoms with Crippen LogP contribution in [0, 0.1) is 0 Å². The smallest absolute Gasteiger partial charge is 0.127 e. The van der Waals surface area contributed by atoms with Gasteiger partial charge in [0.15, 0.2) is 0 Å². The minimum atomic E-state index is 0.141. The highest BCUT2D eigenvalue weighted by Crippen LogP contribution is 2.30. The molecule has 0 spiro atoms. The van der Waals surface area contributed by atoms with Crippen molar-refractivity contribution in [1.82, 2.24) is 0 Å². The van der Waals surface area contributed by atoms with Gasteiger partial charge in [0.05, 0.1) is 11.8 Å². The number of nitrogens with zero attached hydrogens (tertiary/aromatic N) is 1. The van der Waals surface area contributed by atoms with Gasteiger partial charge in [0.25, 0.3) is 0 Å². The number of aliphatic imine (C=N–C) groups is 1. The first-order chi connectivity index (χ1) is 10.9. The molecular weight excluding hydrogens is 270 g/mol. The molecular formula is C20H21NO. The monoisotopic (exact) mass is 291 g/mol. The van der Waals surface area contributed by atoms with Crippen LogP contribution in [0.1, 0.15) is 30.9 Å². The third-order valence-electron chi connectivity index (χ3n) is 3.77. The molecule has 22 heavy (non-hydrogen) atoms. The molecule has 0 saturated carbocycles. The fraction of sp³-hybridized carbons (Fsp3) is 0.250. The molecule has 2 heteroatoms. The molecule has 0 aliphatic carbocycles. The Morgan fingerprint density at radius 1 is 1.05 bits per heavy atom. The van der Waals surface area contributed by atoms with Crippen molar-refractivity contribution in [2.75, 3.05) is 0 Å². The summed E-state index contributed by atoms with van der Waals surface area (Å²) in [6.45, 7) is 2.19. The van der Waals surface area contributed by atoms with E-state index in [1.165, 1.54) is 0 Å². The Bertz CT molecular complexity index is 646.